The average Bonchev–Trinajstić information content (AvgIpc) is 2.50. The SMILES string of the molecule is C=CC(c1ccccc1O)c1cc(O)c(OC)cc1OC. The topological polar surface area (TPSA) is 58.9 Å². The van der Waals surface area contributed by atoms with Crippen molar-refractivity contribution >= 4 is 0 Å². The average molecular weight is 286 g/mol. The summed E-state index contributed by atoms with van der Waals surface area (Å²) in [5, 5.41) is 20.0. The van der Waals surface area contributed by atoms with Gasteiger partial charge in [0.05, 0.1) is 14.2 Å². The summed E-state index contributed by atoms with van der Waals surface area (Å²) in [5.41, 5.74) is 1.39. The number of ether oxygens (including phenoxy) is 2. The third kappa shape index (κ3) is 2.79. The predicted octanol–water partition coefficient (Wildman–Crippen LogP) is 3.43. The van der Waals surface area contributed by atoms with E-state index < -0.39 is 0 Å². The van der Waals surface area contributed by atoms with E-state index in [0.29, 0.717) is 22.6 Å². The highest BCUT2D eigenvalue weighted by atomic mass is 16.5. The van der Waals surface area contributed by atoms with E-state index >= 15 is 0 Å². The van der Waals surface area contributed by atoms with E-state index in [0.717, 1.165) is 0 Å². The molecule has 0 aromatic heterocycles. The lowest BCUT2D eigenvalue weighted by Gasteiger charge is -2.19. The number of hydrogen-bond acceptors (Lipinski definition) is 4. The van der Waals surface area contributed by atoms with Gasteiger partial charge in [0.2, 0.25) is 0 Å². The van der Waals surface area contributed by atoms with E-state index in [1.54, 1.807) is 37.5 Å². The van der Waals surface area contributed by atoms with Crippen LogP contribution >= 0.6 is 0 Å². The zero-order valence-electron chi connectivity index (χ0n) is 12.0. The predicted molar refractivity (Wildman–Crippen MR) is 81.4 cm³/mol. The van der Waals surface area contributed by atoms with Crippen LogP contribution in [0.3, 0.4) is 0 Å². The van der Waals surface area contributed by atoms with Gasteiger partial charge in [0.15, 0.2) is 11.5 Å². The Bertz CT molecular complexity index is 649. The molecule has 0 bridgehead atoms. The molecule has 0 saturated heterocycles. The lowest BCUT2D eigenvalue weighted by Crippen LogP contribution is -2.02. The number of phenolic OH excluding ortho intramolecular Hbond substituents is 2. The van der Waals surface area contributed by atoms with Crippen LogP contribution < -0.4 is 9.47 Å². The van der Waals surface area contributed by atoms with E-state index in [1.807, 2.05) is 12.1 Å². The van der Waals surface area contributed by atoms with Crippen molar-refractivity contribution in [1.29, 1.82) is 0 Å². The quantitative estimate of drug-likeness (QED) is 0.827. The van der Waals surface area contributed by atoms with Gasteiger partial charge in [-0.1, -0.05) is 24.3 Å². The van der Waals surface area contributed by atoms with E-state index in [4.69, 9.17) is 9.47 Å². The third-order valence-electron chi connectivity index (χ3n) is 3.37. The van der Waals surface area contributed by atoms with Crippen molar-refractivity contribution < 1.29 is 19.7 Å². The van der Waals surface area contributed by atoms with Gasteiger partial charge in [-0.3, -0.25) is 0 Å². The summed E-state index contributed by atoms with van der Waals surface area (Å²) in [6, 6.07) is 10.2. The van der Waals surface area contributed by atoms with E-state index in [-0.39, 0.29) is 17.4 Å². The first kappa shape index (κ1) is 14.8. The van der Waals surface area contributed by atoms with Crippen LogP contribution in [0.1, 0.15) is 17.0 Å². The van der Waals surface area contributed by atoms with Crippen LogP contribution in [0.5, 0.6) is 23.0 Å². The number of benzene rings is 2. The molecule has 1 atom stereocenters. The molecule has 1 unspecified atom stereocenters. The van der Waals surface area contributed by atoms with Crippen LogP contribution in [-0.4, -0.2) is 24.4 Å². The highest BCUT2D eigenvalue weighted by Crippen LogP contribution is 2.41. The van der Waals surface area contributed by atoms with Gasteiger partial charge >= 0.3 is 0 Å². The Morgan fingerprint density at radius 2 is 1.62 bits per heavy atom. The molecule has 2 aromatic rings. The van der Waals surface area contributed by atoms with Crippen molar-refractivity contribution in [3.8, 4) is 23.0 Å². The van der Waals surface area contributed by atoms with Crippen molar-refractivity contribution in [3.05, 3.63) is 60.2 Å². The van der Waals surface area contributed by atoms with E-state index in [2.05, 4.69) is 6.58 Å². The number of hydrogen-bond donors (Lipinski definition) is 2. The van der Waals surface area contributed by atoms with Gasteiger partial charge in [0.1, 0.15) is 11.5 Å². The zero-order chi connectivity index (χ0) is 15.4. The number of para-hydroxylation sites is 1. The maximum atomic E-state index is 10.0. The summed E-state index contributed by atoms with van der Waals surface area (Å²) >= 11 is 0. The lowest BCUT2D eigenvalue weighted by molar-refractivity contribution is 0.362. The molecule has 0 heterocycles. The highest BCUT2D eigenvalue weighted by molar-refractivity contribution is 5.56. The van der Waals surface area contributed by atoms with Gasteiger partial charge < -0.3 is 19.7 Å². The molecule has 0 saturated carbocycles. The highest BCUT2D eigenvalue weighted by Gasteiger charge is 2.20. The second-order valence-electron chi connectivity index (χ2n) is 4.54. The van der Waals surface area contributed by atoms with Gasteiger partial charge in [-0.2, -0.15) is 0 Å². The number of methoxy groups -OCH3 is 2. The Morgan fingerprint density at radius 3 is 2.19 bits per heavy atom. The second-order valence-corrected chi connectivity index (χ2v) is 4.54. The number of phenols is 2. The molecule has 4 heteroatoms. The maximum absolute atomic E-state index is 10.0. The molecule has 0 spiro atoms. The Morgan fingerprint density at radius 1 is 0.952 bits per heavy atom. The molecule has 2 rings (SSSR count). The van der Waals surface area contributed by atoms with Crippen LogP contribution in [0, 0.1) is 0 Å². The normalized spacial score (nSPS) is 11.7. The van der Waals surface area contributed by atoms with Gasteiger partial charge in [0.25, 0.3) is 0 Å². The Hall–Kier alpha value is -2.62. The minimum Gasteiger partial charge on any atom is -0.508 e. The van der Waals surface area contributed by atoms with Crippen LogP contribution in [-0.2, 0) is 0 Å². The van der Waals surface area contributed by atoms with E-state index in [9.17, 15) is 10.2 Å². The van der Waals surface area contributed by atoms with Gasteiger partial charge in [0, 0.05) is 23.1 Å². The fourth-order valence-corrected chi connectivity index (χ4v) is 2.32. The Labute approximate surface area is 123 Å². The summed E-state index contributed by atoms with van der Waals surface area (Å²) in [5.74, 6) is 0.752. The molecule has 2 N–H and O–H groups in total. The van der Waals surface area contributed by atoms with E-state index in [1.165, 1.54) is 7.11 Å². The van der Waals surface area contributed by atoms with Crippen molar-refractivity contribution in [2.24, 2.45) is 0 Å². The standard InChI is InChI=1S/C17H18O4/c1-4-11(12-7-5-6-8-14(12)18)13-9-15(19)17(21-3)10-16(13)20-2/h4-11,18-19H,1H2,2-3H3. The van der Waals surface area contributed by atoms with Gasteiger partial charge in [-0.15, -0.1) is 6.58 Å². The second kappa shape index (κ2) is 6.22. The summed E-state index contributed by atoms with van der Waals surface area (Å²) in [6.45, 7) is 3.82. The molecule has 4 nitrogen and oxygen atoms in total. The monoisotopic (exact) mass is 286 g/mol. The molecule has 2 aromatic carbocycles. The minimum absolute atomic E-state index is 0.00979. The van der Waals surface area contributed by atoms with Crippen molar-refractivity contribution in [2.45, 2.75) is 5.92 Å². The summed E-state index contributed by atoms with van der Waals surface area (Å²) in [7, 11) is 3.02. The first-order chi connectivity index (χ1) is 10.1. The van der Waals surface area contributed by atoms with Crippen molar-refractivity contribution in [2.75, 3.05) is 14.2 Å². The fourth-order valence-electron chi connectivity index (χ4n) is 2.32. The minimum atomic E-state index is -0.307. The molecular weight excluding hydrogens is 268 g/mol. The van der Waals surface area contributed by atoms with Crippen LogP contribution in [0.2, 0.25) is 0 Å². The van der Waals surface area contributed by atoms with Crippen molar-refractivity contribution in [1.82, 2.24) is 0 Å². The fraction of sp³-hybridized carbons (Fsp3) is 0.176. The van der Waals surface area contributed by atoms with Crippen LogP contribution in [0.4, 0.5) is 0 Å². The lowest BCUT2D eigenvalue weighted by atomic mass is 9.89. The largest absolute Gasteiger partial charge is 0.508 e. The molecular formula is C17H18O4. The van der Waals surface area contributed by atoms with Crippen LogP contribution in [0.15, 0.2) is 49.1 Å². The Kier molecular flexibility index (Phi) is 4.38. The summed E-state index contributed by atoms with van der Waals surface area (Å²) in [4.78, 5) is 0. The smallest absolute Gasteiger partial charge is 0.164 e. The van der Waals surface area contributed by atoms with Crippen molar-refractivity contribution in [3.63, 3.8) is 0 Å². The van der Waals surface area contributed by atoms with Gasteiger partial charge in [-0.25, -0.2) is 0 Å². The van der Waals surface area contributed by atoms with Gasteiger partial charge in [-0.05, 0) is 12.1 Å². The third-order valence-corrected chi connectivity index (χ3v) is 3.37. The molecule has 0 aliphatic rings. The van der Waals surface area contributed by atoms with Crippen LogP contribution in [0.25, 0.3) is 0 Å². The summed E-state index contributed by atoms with van der Waals surface area (Å²) in [6.07, 6.45) is 1.69. The molecule has 0 aliphatic heterocycles. The summed E-state index contributed by atoms with van der Waals surface area (Å²) < 4.78 is 10.4. The number of aromatic hydroxyl groups is 2. The molecule has 110 valence electrons. The number of allylic oxidation sites excluding steroid dienone is 1. The molecule has 21 heavy (non-hydrogen) atoms. The first-order valence-corrected chi connectivity index (χ1v) is 6.47. The number of rotatable bonds is 5. The maximum Gasteiger partial charge on any atom is 0.164 e. The molecule has 0 amide bonds. The molecule has 0 radical (unpaired) electrons. The first-order valence-electron chi connectivity index (χ1n) is 6.47. The molecule has 0 aliphatic carbocycles. The molecule has 0 fully saturated rings. The zero-order valence-corrected chi connectivity index (χ0v) is 12.0. The Balaban J connectivity index is 2.60.